The Hall–Kier alpha value is -2.28. The molecule has 2 unspecified atom stereocenters. The normalized spacial score (nSPS) is 29.0. The van der Waals surface area contributed by atoms with Gasteiger partial charge in [0, 0.05) is 6.61 Å². The number of imide groups is 1. The maximum Gasteiger partial charge on any atom is 0.325 e. The van der Waals surface area contributed by atoms with Crippen molar-refractivity contribution >= 4 is 11.9 Å². The molecule has 2 atom stereocenters. The largest absolute Gasteiger partial charge is 0.486 e. The van der Waals surface area contributed by atoms with E-state index in [4.69, 9.17) is 14.2 Å². The highest BCUT2D eigenvalue weighted by molar-refractivity contribution is 6.07. The van der Waals surface area contributed by atoms with Crippen LogP contribution in [0.1, 0.15) is 25.3 Å². The maximum absolute atomic E-state index is 12.9. The smallest absolute Gasteiger partial charge is 0.325 e. The second-order valence-corrected chi connectivity index (χ2v) is 6.46. The van der Waals surface area contributed by atoms with E-state index in [1.807, 2.05) is 0 Å². The molecule has 1 N–H and O–H groups in total. The van der Waals surface area contributed by atoms with Crippen LogP contribution in [0.2, 0.25) is 0 Å². The number of carbonyl (C=O) groups is 2. The Morgan fingerprint density at radius 1 is 1.21 bits per heavy atom. The second-order valence-electron chi connectivity index (χ2n) is 6.46. The van der Waals surface area contributed by atoms with Crippen molar-refractivity contribution in [2.45, 2.75) is 31.4 Å². The molecule has 3 aliphatic rings. The molecule has 1 aromatic carbocycles. The molecular formula is C17H20N2O5. The van der Waals surface area contributed by atoms with Crippen molar-refractivity contribution in [2.75, 3.05) is 26.4 Å². The predicted octanol–water partition coefficient (Wildman–Crippen LogP) is 1.40. The average Bonchev–Trinajstić information content (AvgIpc) is 3.18. The summed E-state index contributed by atoms with van der Waals surface area (Å²) in [4.78, 5) is 26.5. The van der Waals surface area contributed by atoms with Crippen LogP contribution in [0.25, 0.3) is 0 Å². The van der Waals surface area contributed by atoms with Gasteiger partial charge in [-0.25, -0.2) is 4.79 Å². The number of urea groups is 1. The van der Waals surface area contributed by atoms with E-state index in [1.54, 1.807) is 25.1 Å². The number of benzene rings is 1. The zero-order chi connectivity index (χ0) is 16.7. The second kappa shape index (κ2) is 5.66. The number of hydrogen-bond donors (Lipinski definition) is 1. The van der Waals surface area contributed by atoms with E-state index in [2.05, 4.69) is 5.32 Å². The number of carbonyl (C=O) groups excluding carboxylic acids is 2. The molecule has 1 aromatic rings. The minimum atomic E-state index is -1.11. The number of ether oxygens (including phenoxy) is 3. The molecule has 128 valence electrons. The fraction of sp³-hybridized carbons (Fsp3) is 0.529. The van der Waals surface area contributed by atoms with E-state index in [1.165, 1.54) is 4.90 Å². The molecule has 3 heterocycles. The van der Waals surface area contributed by atoms with Gasteiger partial charge in [0.1, 0.15) is 18.8 Å². The molecular weight excluding hydrogens is 312 g/mol. The lowest BCUT2D eigenvalue weighted by Crippen LogP contribution is -2.42. The van der Waals surface area contributed by atoms with Gasteiger partial charge in [-0.05, 0) is 37.5 Å². The van der Waals surface area contributed by atoms with Gasteiger partial charge in [0.15, 0.2) is 11.5 Å². The molecule has 7 nitrogen and oxygen atoms in total. The van der Waals surface area contributed by atoms with Crippen LogP contribution in [0.4, 0.5) is 4.79 Å². The Morgan fingerprint density at radius 3 is 2.75 bits per heavy atom. The maximum atomic E-state index is 12.9. The van der Waals surface area contributed by atoms with E-state index >= 15 is 0 Å². The van der Waals surface area contributed by atoms with Gasteiger partial charge >= 0.3 is 6.03 Å². The molecule has 0 saturated carbocycles. The topological polar surface area (TPSA) is 77.1 Å². The first kappa shape index (κ1) is 15.3. The molecule has 0 aliphatic carbocycles. The highest BCUT2D eigenvalue weighted by Crippen LogP contribution is 2.37. The molecule has 0 bridgehead atoms. The van der Waals surface area contributed by atoms with Crippen LogP contribution in [0, 0.1) is 0 Å². The summed E-state index contributed by atoms with van der Waals surface area (Å²) in [6, 6.07) is 4.95. The molecule has 2 saturated heterocycles. The predicted molar refractivity (Wildman–Crippen MR) is 84.0 cm³/mol. The Morgan fingerprint density at radius 2 is 2.00 bits per heavy atom. The lowest BCUT2D eigenvalue weighted by atomic mass is 9.91. The van der Waals surface area contributed by atoms with Crippen LogP contribution in [0.15, 0.2) is 18.2 Å². The van der Waals surface area contributed by atoms with E-state index in [9.17, 15) is 9.59 Å². The van der Waals surface area contributed by atoms with E-state index in [0.717, 1.165) is 12.8 Å². The van der Waals surface area contributed by atoms with Crippen LogP contribution >= 0.6 is 0 Å². The average molecular weight is 332 g/mol. The van der Waals surface area contributed by atoms with Crippen LogP contribution in [-0.2, 0) is 15.1 Å². The van der Waals surface area contributed by atoms with Crippen LogP contribution in [0.3, 0.4) is 0 Å². The minimum absolute atomic E-state index is 0.0673. The summed E-state index contributed by atoms with van der Waals surface area (Å²) in [7, 11) is 0. The molecule has 24 heavy (non-hydrogen) atoms. The SMILES string of the molecule is CC1(c2ccc3c(c2)OCCO3)NC(=O)N(CC2CCCO2)C1=O. The summed E-state index contributed by atoms with van der Waals surface area (Å²) in [5, 5.41) is 2.81. The zero-order valence-electron chi connectivity index (χ0n) is 13.5. The zero-order valence-corrected chi connectivity index (χ0v) is 13.5. The number of fused-ring (bicyclic) bond motifs is 1. The van der Waals surface area contributed by atoms with Gasteiger partial charge in [0.2, 0.25) is 0 Å². The van der Waals surface area contributed by atoms with Gasteiger partial charge < -0.3 is 19.5 Å². The number of amides is 3. The van der Waals surface area contributed by atoms with Crippen molar-refractivity contribution in [3.8, 4) is 11.5 Å². The van der Waals surface area contributed by atoms with Crippen LogP contribution in [0.5, 0.6) is 11.5 Å². The van der Waals surface area contributed by atoms with Crippen molar-refractivity contribution in [3.05, 3.63) is 23.8 Å². The molecule has 7 heteroatoms. The molecule has 4 rings (SSSR count). The summed E-state index contributed by atoms with van der Waals surface area (Å²) < 4.78 is 16.6. The standard InChI is InChI=1S/C17H20N2O5/c1-17(11-4-5-13-14(9-11)24-8-7-23-13)15(20)19(16(21)18-17)10-12-3-2-6-22-12/h4-5,9,12H,2-3,6-8,10H2,1H3,(H,18,21). The summed E-state index contributed by atoms with van der Waals surface area (Å²) in [6.45, 7) is 3.68. The summed E-state index contributed by atoms with van der Waals surface area (Å²) in [6.07, 6.45) is 1.77. The van der Waals surface area contributed by atoms with Gasteiger partial charge in [-0.2, -0.15) is 0 Å². The third-order valence-electron chi connectivity index (χ3n) is 4.80. The lowest BCUT2D eigenvalue weighted by molar-refractivity contribution is -0.132. The molecule has 0 spiro atoms. The number of hydrogen-bond acceptors (Lipinski definition) is 5. The number of rotatable bonds is 3. The monoisotopic (exact) mass is 332 g/mol. The molecule has 0 radical (unpaired) electrons. The van der Waals surface area contributed by atoms with Crippen molar-refractivity contribution in [2.24, 2.45) is 0 Å². The first-order chi connectivity index (χ1) is 11.6. The minimum Gasteiger partial charge on any atom is -0.486 e. The van der Waals surface area contributed by atoms with Gasteiger partial charge in [-0.1, -0.05) is 6.07 Å². The lowest BCUT2D eigenvalue weighted by Gasteiger charge is -2.25. The van der Waals surface area contributed by atoms with E-state index in [0.29, 0.717) is 43.4 Å². The van der Waals surface area contributed by atoms with Crippen LogP contribution < -0.4 is 14.8 Å². The number of nitrogens with zero attached hydrogens (tertiary/aromatic N) is 1. The fourth-order valence-corrected chi connectivity index (χ4v) is 3.40. The third kappa shape index (κ3) is 2.39. The Labute approximate surface area is 139 Å². The number of nitrogens with one attached hydrogen (secondary N) is 1. The van der Waals surface area contributed by atoms with Crippen molar-refractivity contribution in [1.82, 2.24) is 10.2 Å². The van der Waals surface area contributed by atoms with Gasteiger partial charge in [-0.3, -0.25) is 9.69 Å². The highest BCUT2D eigenvalue weighted by Gasteiger charge is 2.50. The first-order valence-electron chi connectivity index (χ1n) is 8.24. The molecule has 0 aromatic heterocycles. The highest BCUT2D eigenvalue weighted by atomic mass is 16.6. The fourth-order valence-electron chi connectivity index (χ4n) is 3.40. The van der Waals surface area contributed by atoms with Gasteiger partial charge in [0.05, 0.1) is 12.6 Å². The van der Waals surface area contributed by atoms with Crippen molar-refractivity contribution in [3.63, 3.8) is 0 Å². The molecule has 2 fully saturated rings. The quantitative estimate of drug-likeness (QED) is 0.847. The first-order valence-corrected chi connectivity index (χ1v) is 8.24. The Balaban J connectivity index is 1.60. The Bertz CT molecular complexity index is 686. The van der Waals surface area contributed by atoms with Gasteiger partial charge in [-0.15, -0.1) is 0 Å². The molecule has 3 amide bonds. The summed E-state index contributed by atoms with van der Waals surface area (Å²) in [5.41, 5.74) is -0.425. The summed E-state index contributed by atoms with van der Waals surface area (Å²) >= 11 is 0. The van der Waals surface area contributed by atoms with Crippen molar-refractivity contribution in [1.29, 1.82) is 0 Å². The van der Waals surface area contributed by atoms with Crippen molar-refractivity contribution < 1.29 is 23.8 Å². The Kier molecular flexibility index (Phi) is 3.60. The summed E-state index contributed by atoms with van der Waals surface area (Å²) in [5.74, 6) is 0.987. The van der Waals surface area contributed by atoms with Gasteiger partial charge in [0.25, 0.3) is 5.91 Å². The van der Waals surface area contributed by atoms with E-state index < -0.39 is 5.54 Å². The van der Waals surface area contributed by atoms with E-state index in [-0.39, 0.29) is 18.0 Å². The van der Waals surface area contributed by atoms with Crippen LogP contribution in [-0.4, -0.2) is 49.3 Å². The third-order valence-corrected chi connectivity index (χ3v) is 4.80. The molecule has 3 aliphatic heterocycles.